The van der Waals surface area contributed by atoms with Crippen LogP contribution in [0.5, 0.6) is 0 Å². The first-order chi connectivity index (χ1) is 6.97. The smallest absolute Gasteiger partial charge is 0.288 e. The minimum absolute atomic E-state index is 0.0906. The third-order valence-corrected chi connectivity index (χ3v) is 2.72. The highest BCUT2D eigenvalue weighted by molar-refractivity contribution is 9.09. The zero-order valence-electron chi connectivity index (χ0n) is 7.79. The van der Waals surface area contributed by atoms with Crippen LogP contribution in [0.3, 0.4) is 0 Å². The quantitative estimate of drug-likeness (QED) is 0.372. The normalized spacial score (nSPS) is 10.1. The molecule has 1 aromatic carbocycles. The summed E-state index contributed by atoms with van der Waals surface area (Å²) in [5.74, 6) is -0.271. The molecule has 1 rings (SSSR count). The largest absolute Gasteiger partial charge is 0.293 e. The lowest BCUT2D eigenvalue weighted by molar-refractivity contribution is -0.384. The first-order valence-corrected chi connectivity index (χ1v) is 5.51. The second kappa shape index (κ2) is 4.72. The Morgan fingerprint density at radius 1 is 1.60 bits per heavy atom. The predicted octanol–water partition coefficient (Wildman–Crippen LogP) is 3.13. The van der Waals surface area contributed by atoms with E-state index in [-0.39, 0.29) is 27.4 Å². The van der Waals surface area contributed by atoms with E-state index in [1.165, 1.54) is 6.07 Å². The monoisotopic (exact) mass is 291 g/mol. The van der Waals surface area contributed by atoms with Gasteiger partial charge in [-0.2, -0.15) is 0 Å². The predicted molar refractivity (Wildman–Crippen MR) is 61.0 cm³/mol. The van der Waals surface area contributed by atoms with Gasteiger partial charge in [0.25, 0.3) is 5.69 Å². The van der Waals surface area contributed by atoms with Gasteiger partial charge in [0.1, 0.15) is 5.02 Å². The average molecular weight is 293 g/mol. The van der Waals surface area contributed by atoms with Crippen molar-refractivity contribution in [3.8, 4) is 0 Å². The molecule has 0 unspecified atom stereocenters. The summed E-state index contributed by atoms with van der Waals surface area (Å²) in [6.07, 6.45) is 0. The van der Waals surface area contributed by atoms with Crippen molar-refractivity contribution in [3.05, 3.63) is 38.4 Å². The minimum atomic E-state index is -0.597. The number of hydrogen-bond acceptors (Lipinski definition) is 3. The number of aryl methyl sites for hydroxylation is 1. The van der Waals surface area contributed by atoms with E-state index in [0.29, 0.717) is 5.56 Å². The maximum absolute atomic E-state index is 11.4. The van der Waals surface area contributed by atoms with Crippen LogP contribution in [0.25, 0.3) is 0 Å². The number of alkyl halides is 1. The first-order valence-electron chi connectivity index (χ1n) is 4.01. The Labute approximate surface area is 99.5 Å². The molecule has 0 saturated heterocycles. The molecular formula is C9H7BrClNO3. The molecule has 0 aromatic heterocycles. The molecule has 0 heterocycles. The van der Waals surface area contributed by atoms with Crippen LogP contribution in [0, 0.1) is 17.0 Å². The lowest BCUT2D eigenvalue weighted by Crippen LogP contribution is -2.03. The van der Waals surface area contributed by atoms with E-state index in [9.17, 15) is 14.9 Å². The van der Waals surface area contributed by atoms with E-state index in [0.717, 1.165) is 0 Å². The summed E-state index contributed by atoms with van der Waals surface area (Å²) in [6.45, 7) is 1.67. The molecule has 0 fully saturated rings. The first kappa shape index (κ1) is 12.1. The van der Waals surface area contributed by atoms with Crippen molar-refractivity contribution < 1.29 is 9.72 Å². The molecule has 0 saturated carbocycles. The molecular weight excluding hydrogens is 285 g/mol. The van der Waals surface area contributed by atoms with E-state index in [1.54, 1.807) is 13.0 Å². The van der Waals surface area contributed by atoms with Gasteiger partial charge in [0, 0.05) is 11.6 Å². The summed E-state index contributed by atoms with van der Waals surface area (Å²) >= 11 is 8.76. The van der Waals surface area contributed by atoms with Gasteiger partial charge in [-0.3, -0.25) is 14.9 Å². The van der Waals surface area contributed by atoms with Crippen molar-refractivity contribution in [2.24, 2.45) is 0 Å². The highest BCUT2D eigenvalue weighted by Crippen LogP contribution is 2.30. The summed E-state index contributed by atoms with van der Waals surface area (Å²) < 4.78 is 0. The molecule has 0 aliphatic rings. The topological polar surface area (TPSA) is 60.2 Å². The number of nitro benzene ring substituents is 1. The molecule has 4 nitrogen and oxygen atoms in total. The van der Waals surface area contributed by atoms with Crippen molar-refractivity contribution in [1.82, 2.24) is 0 Å². The number of nitrogens with zero attached hydrogens (tertiary/aromatic N) is 1. The molecule has 0 spiro atoms. The minimum Gasteiger partial charge on any atom is -0.293 e. The summed E-state index contributed by atoms with van der Waals surface area (Å²) in [6, 6.07) is 2.88. The van der Waals surface area contributed by atoms with Crippen LogP contribution < -0.4 is 0 Å². The highest BCUT2D eigenvalue weighted by atomic mass is 79.9. The van der Waals surface area contributed by atoms with Crippen molar-refractivity contribution in [2.45, 2.75) is 6.92 Å². The van der Waals surface area contributed by atoms with Crippen molar-refractivity contribution >= 4 is 39.0 Å². The Morgan fingerprint density at radius 3 is 2.67 bits per heavy atom. The molecule has 0 amide bonds. The number of nitro groups is 1. The van der Waals surface area contributed by atoms with Crippen LogP contribution in [-0.4, -0.2) is 16.0 Å². The number of halogens is 2. The maximum Gasteiger partial charge on any atom is 0.288 e. The number of hydrogen-bond donors (Lipinski definition) is 0. The standard InChI is InChI=1S/C9H7BrClNO3/c1-5-2-6(8(13)4-10)9(11)7(3-5)12(14)15/h2-3H,4H2,1H3. The van der Waals surface area contributed by atoms with E-state index in [4.69, 9.17) is 11.6 Å². The van der Waals surface area contributed by atoms with E-state index >= 15 is 0 Å². The Morgan fingerprint density at radius 2 is 2.20 bits per heavy atom. The Kier molecular flexibility index (Phi) is 3.82. The summed E-state index contributed by atoms with van der Waals surface area (Å²) in [5.41, 5.74) is 0.580. The van der Waals surface area contributed by atoms with Gasteiger partial charge in [-0.25, -0.2) is 0 Å². The van der Waals surface area contributed by atoms with Crippen LogP contribution in [0.1, 0.15) is 15.9 Å². The van der Waals surface area contributed by atoms with Crippen molar-refractivity contribution in [2.75, 3.05) is 5.33 Å². The maximum atomic E-state index is 11.4. The van der Waals surface area contributed by atoms with Gasteiger partial charge in [-0.15, -0.1) is 0 Å². The van der Waals surface area contributed by atoms with Crippen LogP contribution in [0.15, 0.2) is 12.1 Å². The van der Waals surface area contributed by atoms with Gasteiger partial charge < -0.3 is 0 Å². The van der Waals surface area contributed by atoms with Crippen LogP contribution >= 0.6 is 27.5 Å². The van der Waals surface area contributed by atoms with E-state index < -0.39 is 4.92 Å². The van der Waals surface area contributed by atoms with Crippen LogP contribution in [-0.2, 0) is 0 Å². The van der Waals surface area contributed by atoms with Gasteiger partial charge in [0.05, 0.1) is 10.3 Å². The van der Waals surface area contributed by atoms with Crippen molar-refractivity contribution in [1.29, 1.82) is 0 Å². The Bertz CT molecular complexity index is 434. The lowest BCUT2D eigenvalue weighted by atomic mass is 10.1. The molecule has 80 valence electrons. The number of ketones is 1. The SMILES string of the molecule is Cc1cc(C(=O)CBr)c(Cl)c([N+](=O)[O-])c1. The Hall–Kier alpha value is -0.940. The van der Waals surface area contributed by atoms with Crippen LogP contribution in [0.4, 0.5) is 5.69 Å². The van der Waals surface area contributed by atoms with Crippen molar-refractivity contribution in [3.63, 3.8) is 0 Å². The molecule has 1 aromatic rings. The molecule has 0 N–H and O–H groups in total. The zero-order valence-corrected chi connectivity index (χ0v) is 10.1. The van der Waals surface area contributed by atoms with Gasteiger partial charge in [-0.05, 0) is 18.6 Å². The van der Waals surface area contributed by atoms with E-state index in [1.807, 2.05) is 0 Å². The van der Waals surface area contributed by atoms with E-state index in [2.05, 4.69) is 15.9 Å². The molecule has 6 heteroatoms. The van der Waals surface area contributed by atoms with Gasteiger partial charge in [0.2, 0.25) is 0 Å². The number of benzene rings is 1. The Balaban J connectivity index is 3.41. The fourth-order valence-electron chi connectivity index (χ4n) is 1.16. The van der Waals surface area contributed by atoms with Gasteiger partial charge in [0.15, 0.2) is 5.78 Å². The summed E-state index contributed by atoms with van der Waals surface area (Å²) in [5, 5.41) is 10.6. The third-order valence-electron chi connectivity index (χ3n) is 1.82. The van der Waals surface area contributed by atoms with Gasteiger partial charge in [-0.1, -0.05) is 27.5 Å². The van der Waals surface area contributed by atoms with Crippen LogP contribution in [0.2, 0.25) is 5.02 Å². The molecule has 0 aliphatic heterocycles. The second-order valence-electron chi connectivity index (χ2n) is 2.96. The highest BCUT2D eigenvalue weighted by Gasteiger charge is 2.20. The number of carbonyl (C=O) groups is 1. The summed E-state index contributed by atoms with van der Waals surface area (Å²) in [7, 11) is 0. The number of rotatable bonds is 3. The molecule has 15 heavy (non-hydrogen) atoms. The second-order valence-corrected chi connectivity index (χ2v) is 3.90. The summed E-state index contributed by atoms with van der Waals surface area (Å²) in [4.78, 5) is 21.4. The molecule has 0 radical (unpaired) electrons. The fourth-order valence-corrected chi connectivity index (χ4v) is 1.74. The average Bonchev–Trinajstić information content (AvgIpc) is 2.19. The third kappa shape index (κ3) is 2.54. The molecule has 0 bridgehead atoms. The molecule has 0 atom stereocenters. The zero-order chi connectivity index (χ0) is 11.6. The lowest BCUT2D eigenvalue weighted by Gasteiger charge is -2.03. The number of Topliss-reactive ketones (excluding diaryl/α,β-unsaturated/α-hetero) is 1. The number of carbonyl (C=O) groups excluding carboxylic acids is 1. The molecule has 0 aliphatic carbocycles. The fraction of sp³-hybridized carbons (Fsp3) is 0.222. The van der Waals surface area contributed by atoms with Gasteiger partial charge >= 0.3 is 0 Å².